The van der Waals surface area contributed by atoms with Crippen LogP contribution >= 0.6 is 0 Å². The first-order valence-electron chi connectivity index (χ1n) is 13.5. The highest BCUT2D eigenvalue weighted by Gasteiger charge is 2.04. The fourth-order valence-corrected chi connectivity index (χ4v) is 4.17. The average molecular weight is 431 g/mol. The van der Waals surface area contributed by atoms with Gasteiger partial charge in [-0.1, -0.05) is 141 Å². The van der Waals surface area contributed by atoms with Gasteiger partial charge in [0, 0.05) is 6.42 Å². The monoisotopic (exact) mass is 430 g/mol. The summed E-state index contributed by atoms with van der Waals surface area (Å²) in [5, 5.41) is 0. The minimum absolute atomic E-state index is 0.0529. The maximum atomic E-state index is 11.9. The molecule has 0 heterocycles. The van der Waals surface area contributed by atoms with Crippen LogP contribution in [0.15, 0.2) is 24.3 Å². The number of hydrogen-bond acceptors (Lipinski definition) is 2. The van der Waals surface area contributed by atoms with Crippen LogP contribution in [0.5, 0.6) is 0 Å². The molecule has 0 aliphatic rings. The Labute approximate surface area is 193 Å². The summed E-state index contributed by atoms with van der Waals surface area (Å²) >= 11 is 0. The highest BCUT2D eigenvalue weighted by atomic mass is 16.5. The van der Waals surface area contributed by atoms with Crippen LogP contribution in [0.25, 0.3) is 0 Å². The number of esters is 1. The van der Waals surface area contributed by atoms with Gasteiger partial charge in [0.1, 0.15) is 6.61 Å². The summed E-state index contributed by atoms with van der Waals surface area (Å²) in [5.74, 6) is -0.0529. The summed E-state index contributed by atoms with van der Waals surface area (Å²) < 4.78 is 5.42. The van der Waals surface area contributed by atoms with Gasteiger partial charge in [0.25, 0.3) is 0 Å². The minimum Gasteiger partial charge on any atom is -0.461 e. The topological polar surface area (TPSA) is 26.3 Å². The molecule has 178 valence electrons. The fraction of sp³-hybridized carbons (Fsp3) is 0.759. The molecule has 0 amide bonds. The van der Waals surface area contributed by atoms with Gasteiger partial charge < -0.3 is 4.74 Å². The number of carbonyl (C=O) groups is 1. The lowest BCUT2D eigenvalue weighted by Crippen LogP contribution is -2.04. The Morgan fingerprint density at radius 3 is 1.58 bits per heavy atom. The van der Waals surface area contributed by atoms with Crippen LogP contribution in [0.2, 0.25) is 0 Å². The molecule has 0 fully saturated rings. The second-order valence-electron chi connectivity index (χ2n) is 9.24. The van der Waals surface area contributed by atoms with E-state index >= 15 is 0 Å². The van der Waals surface area contributed by atoms with Crippen molar-refractivity contribution in [2.45, 2.75) is 142 Å². The molecule has 0 aliphatic carbocycles. The van der Waals surface area contributed by atoms with Gasteiger partial charge in [-0.3, -0.25) is 4.79 Å². The van der Waals surface area contributed by atoms with Crippen molar-refractivity contribution in [3.63, 3.8) is 0 Å². The zero-order valence-corrected chi connectivity index (χ0v) is 20.8. The standard InChI is InChI=1S/C29H50O2/c1-3-5-6-7-8-9-10-11-12-13-14-15-16-17-18-19-20-24-29(30)31-26-28-23-21-22-27(4-2)25-28/h21-23,25H,3-20,24,26H2,1-2H3. The highest BCUT2D eigenvalue weighted by molar-refractivity contribution is 5.69. The Bertz CT molecular complexity index is 537. The van der Waals surface area contributed by atoms with Crippen LogP contribution in [0, 0.1) is 0 Å². The fourth-order valence-electron chi connectivity index (χ4n) is 4.17. The van der Waals surface area contributed by atoms with Gasteiger partial charge in [-0.15, -0.1) is 0 Å². The van der Waals surface area contributed by atoms with Crippen LogP contribution in [-0.4, -0.2) is 5.97 Å². The van der Waals surface area contributed by atoms with Crippen molar-refractivity contribution in [1.29, 1.82) is 0 Å². The zero-order valence-electron chi connectivity index (χ0n) is 20.8. The van der Waals surface area contributed by atoms with E-state index in [0.29, 0.717) is 13.0 Å². The zero-order chi connectivity index (χ0) is 22.4. The van der Waals surface area contributed by atoms with Gasteiger partial charge in [-0.25, -0.2) is 0 Å². The first-order valence-corrected chi connectivity index (χ1v) is 13.5. The van der Waals surface area contributed by atoms with E-state index in [2.05, 4.69) is 26.0 Å². The van der Waals surface area contributed by atoms with Crippen molar-refractivity contribution < 1.29 is 9.53 Å². The van der Waals surface area contributed by atoms with Crippen LogP contribution in [-0.2, 0) is 22.6 Å². The first kappa shape index (κ1) is 27.7. The molecule has 0 unspecified atom stereocenters. The Kier molecular flexibility index (Phi) is 18.4. The van der Waals surface area contributed by atoms with E-state index in [1.54, 1.807) is 0 Å². The van der Waals surface area contributed by atoms with Crippen molar-refractivity contribution in [2.75, 3.05) is 0 Å². The molecule has 2 heteroatoms. The van der Waals surface area contributed by atoms with E-state index in [1.807, 2.05) is 12.1 Å². The molecule has 1 aromatic carbocycles. The van der Waals surface area contributed by atoms with Crippen LogP contribution in [0.3, 0.4) is 0 Å². The number of ether oxygens (including phenoxy) is 1. The quantitative estimate of drug-likeness (QED) is 0.143. The Balaban J connectivity index is 1.80. The maximum Gasteiger partial charge on any atom is 0.306 e. The molecule has 2 nitrogen and oxygen atoms in total. The largest absolute Gasteiger partial charge is 0.461 e. The molecule has 0 N–H and O–H groups in total. The molecule has 0 atom stereocenters. The Morgan fingerprint density at radius 1 is 0.645 bits per heavy atom. The summed E-state index contributed by atoms with van der Waals surface area (Å²) in [6, 6.07) is 8.31. The third kappa shape index (κ3) is 17.0. The molecule has 1 aromatic rings. The van der Waals surface area contributed by atoms with E-state index in [1.165, 1.54) is 102 Å². The van der Waals surface area contributed by atoms with Gasteiger partial charge in [0.2, 0.25) is 0 Å². The molecule has 0 saturated carbocycles. The van der Waals surface area contributed by atoms with Crippen molar-refractivity contribution in [1.82, 2.24) is 0 Å². The summed E-state index contributed by atoms with van der Waals surface area (Å²) in [6.07, 6.45) is 24.7. The predicted molar refractivity (Wildman–Crippen MR) is 134 cm³/mol. The van der Waals surface area contributed by atoms with Gasteiger partial charge in [0.05, 0.1) is 0 Å². The van der Waals surface area contributed by atoms with Crippen molar-refractivity contribution in [3.05, 3.63) is 35.4 Å². The third-order valence-corrected chi connectivity index (χ3v) is 6.28. The van der Waals surface area contributed by atoms with Gasteiger partial charge >= 0.3 is 5.97 Å². The Hall–Kier alpha value is -1.31. The molecule has 0 saturated heterocycles. The summed E-state index contributed by atoms with van der Waals surface area (Å²) in [7, 11) is 0. The predicted octanol–water partition coefficient (Wildman–Crippen LogP) is 9.33. The van der Waals surface area contributed by atoms with E-state index in [-0.39, 0.29) is 5.97 Å². The van der Waals surface area contributed by atoms with E-state index in [0.717, 1.165) is 24.8 Å². The second kappa shape index (κ2) is 20.6. The molecular weight excluding hydrogens is 380 g/mol. The lowest BCUT2D eigenvalue weighted by atomic mass is 10.0. The molecule has 0 bridgehead atoms. The van der Waals surface area contributed by atoms with E-state index in [4.69, 9.17) is 4.74 Å². The highest BCUT2D eigenvalue weighted by Crippen LogP contribution is 2.14. The first-order chi connectivity index (χ1) is 15.3. The van der Waals surface area contributed by atoms with E-state index in [9.17, 15) is 4.79 Å². The smallest absolute Gasteiger partial charge is 0.306 e. The lowest BCUT2D eigenvalue weighted by Gasteiger charge is -2.06. The molecule has 0 radical (unpaired) electrons. The molecule has 0 aliphatic heterocycles. The summed E-state index contributed by atoms with van der Waals surface area (Å²) in [6.45, 7) is 4.84. The SMILES string of the molecule is CCCCCCCCCCCCCCCCCCCC(=O)OCc1cccc(CC)c1. The number of rotatable bonds is 21. The molecular formula is C29H50O2. The number of aryl methyl sites for hydroxylation is 1. The number of benzene rings is 1. The average Bonchev–Trinajstić information content (AvgIpc) is 2.80. The van der Waals surface area contributed by atoms with Crippen molar-refractivity contribution >= 4 is 5.97 Å². The lowest BCUT2D eigenvalue weighted by molar-refractivity contribution is -0.145. The third-order valence-electron chi connectivity index (χ3n) is 6.28. The van der Waals surface area contributed by atoms with Gasteiger partial charge in [-0.2, -0.15) is 0 Å². The maximum absolute atomic E-state index is 11.9. The molecule has 0 spiro atoms. The minimum atomic E-state index is -0.0529. The molecule has 31 heavy (non-hydrogen) atoms. The van der Waals surface area contributed by atoms with Crippen LogP contribution < -0.4 is 0 Å². The van der Waals surface area contributed by atoms with Gasteiger partial charge in [0.15, 0.2) is 0 Å². The van der Waals surface area contributed by atoms with Crippen molar-refractivity contribution in [2.24, 2.45) is 0 Å². The number of unbranched alkanes of at least 4 members (excludes halogenated alkanes) is 16. The molecule has 0 aromatic heterocycles. The summed E-state index contributed by atoms with van der Waals surface area (Å²) in [5.41, 5.74) is 2.39. The second-order valence-corrected chi connectivity index (χ2v) is 9.24. The number of hydrogen-bond donors (Lipinski definition) is 0. The Morgan fingerprint density at radius 2 is 1.10 bits per heavy atom. The normalized spacial score (nSPS) is 11.0. The van der Waals surface area contributed by atoms with E-state index < -0.39 is 0 Å². The summed E-state index contributed by atoms with van der Waals surface area (Å²) in [4.78, 5) is 11.9. The van der Waals surface area contributed by atoms with Gasteiger partial charge in [-0.05, 0) is 24.0 Å². The van der Waals surface area contributed by atoms with Crippen LogP contribution in [0.1, 0.15) is 141 Å². The molecule has 1 rings (SSSR count). The number of carbonyl (C=O) groups excluding carboxylic acids is 1. The van der Waals surface area contributed by atoms with Crippen molar-refractivity contribution in [3.8, 4) is 0 Å². The van der Waals surface area contributed by atoms with Crippen LogP contribution in [0.4, 0.5) is 0 Å².